The molecule has 0 radical (unpaired) electrons. The fraction of sp³-hybridized carbons (Fsp3) is 0.333. The molecule has 6 heteroatoms. The molecule has 1 fully saturated rings. The normalized spacial score (nSPS) is 19.7. The minimum Gasteiger partial charge on any atom is -0.349 e. The molecular weight excluding hydrogens is 234 g/mol. The van der Waals surface area contributed by atoms with Crippen molar-refractivity contribution in [2.24, 2.45) is 0 Å². The van der Waals surface area contributed by atoms with Crippen molar-refractivity contribution in [1.29, 1.82) is 0 Å². The predicted molar refractivity (Wildman–Crippen MR) is 64.2 cm³/mol. The van der Waals surface area contributed by atoms with Crippen LogP contribution in [-0.2, 0) is 9.59 Å². The van der Waals surface area contributed by atoms with Crippen LogP contribution >= 0.6 is 0 Å². The maximum atomic E-state index is 11.5. The van der Waals surface area contributed by atoms with E-state index >= 15 is 0 Å². The number of carbonyl (C=O) groups is 3. The molecule has 0 bridgehead atoms. The molecule has 2 heterocycles. The van der Waals surface area contributed by atoms with Crippen molar-refractivity contribution < 1.29 is 14.4 Å². The molecule has 1 unspecified atom stereocenters. The number of anilines is 1. The Balaban J connectivity index is 2.27. The number of nitrogens with one attached hydrogen (secondary N) is 1. The van der Waals surface area contributed by atoms with E-state index in [1.165, 1.54) is 13.1 Å². The van der Waals surface area contributed by atoms with Crippen molar-refractivity contribution in [3.05, 3.63) is 24.0 Å². The van der Waals surface area contributed by atoms with Crippen LogP contribution in [0, 0.1) is 0 Å². The summed E-state index contributed by atoms with van der Waals surface area (Å²) in [5.41, 5.74) is 1.01. The van der Waals surface area contributed by atoms with Crippen molar-refractivity contribution in [3.63, 3.8) is 0 Å². The highest BCUT2D eigenvalue weighted by molar-refractivity contribution is 6.04. The smallest absolute Gasteiger partial charge is 0.249 e. The van der Waals surface area contributed by atoms with Gasteiger partial charge in [0.25, 0.3) is 0 Å². The number of imide groups is 1. The topological polar surface area (TPSA) is 79.4 Å². The standard InChI is InChI=1S/C12H13N3O3/c1-7-12(18)14-11(17)6-15(7)9-3-4-10(8(2)16)13-5-9/h3-5,7H,6H2,1-2H3,(H,14,17,18). The quantitative estimate of drug-likeness (QED) is 0.594. The van der Waals surface area contributed by atoms with Gasteiger partial charge < -0.3 is 4.90 Å². The highest BCUT2D eigenvalue weighted by Gasteiger charge is 2.30. The lowest BCUT2D eigenvalue weighted by atomic mass is 10.1. The Labute approximate surface area is 104 Å². The molecule has 6 nitrogen and oxygen atoms in total. The first-order chi connectivity index (χ1) is 8.49. The first kappa shape index (κ1) is 12.2. The van der Waals surface area contributed by atoms with Gasteiger partial charge in [-0.1, -0.05) is 0 Å². The number of carbonyl (C=O) groups excluding carboxylic acids is 3. The van der Waals surface area contributed by atoms with Crippen LogP contribution in [0.2, 0.25) is 0 Å². The Kier molecular flexibility index (Phi) is 3.10. The van der Waals surface area contributed by atoms with Crippen molar-refractivity contribution in [3.8, 4) is 0 Å². The van der Waals surface area contributed by atoms with E-state index < -0.39 is 6.04 Å². The van der Waals surface area contributed by atoms with Crippen LogP contribution in [-0.4, -0.2) is 35.2 Å². The number of piperazine rings is 1. The summed E-state index contributed by atoms with van der Waals surface area (Å²) < 4.78 is 0. The second kappa shape index (κ2) is 4.56. The number of Topliss-reactive ketones (excluding diaryl/α,β-unsaturated/α-hetero) is 1. The molecular formula is C12H13N3O3. The molecule has 0 spiro atoms. The summed E-state index contributed by atoms with van der Waals surface area (Å²) in [6.45, 7) is 3.25. The minimum atomic E-state index is -0.437. The van der Waals surface area contributed by atoms with Gasteiger partial charge in [0.05, 0.1) is 18.4 Å². The third-order valence-electron chi connectivity index (χ3n) is 2.86. The first-order valence-corrected chi connectivity index (χ1v) is 5.56. The fourth-order valence-electron chi connectivity index (χ4n) is 1.79. The Morgan fingerprint density at radius 2 is 2.17 bits per heavy atom. The lowest BCUT2D eigenvalue weighted by Gasteiger charge is -2.33. The van der Waals surface area contributed by atoms with Gasteiger partial charge in [-0.3, -0.25) is 24.7 Å². The molecule has 0 aliphatic carbocycles. The number of pyridine rings is 1. The molecule has 1 saturated heterocycles. The molecule has 1 aromatic heterocycles. The van der Waals surface area contributed by atoms with E-state index in [9.17, 15) is 14.4 Å². The molecule has 0 aromatic carbocycles. The zero-order valence-electron chi connectivity index (χ0n) is 10.1. The number of hydrogen-bond acceptors (Lipinski definition) is 5. The Hall–Kier alpha value is -2.24. The Bertz CT molecular complexity index is 510. The summed E-state index contributed by atoms with van der Waals surface area (Å²) >= 11 is 0. The highest BCUT2D eigenvalue weighted by Crippen LogP contribution is 2.18. The molecule has 0 saturated carbocycles. The van der Waals surface area contributed by atoms with Gasteiger partial charge in [0, 0.05) is 6.92 Å². The zero-order valence-corrected chi connectivity index (χ0v) is 10.1. The van der Waals surface area contributed by atoms with E-state index in [2.05, 4.69) is 10.3 Å². The summed E-state index contributed by atoms with van der Waals surface area (Å²) in [5, 5.41) is 2.26. The lowest BCUT2D eigenvalue weighted by Crippen LogP contribution is -2.57. The average molecular weight is 247 g/mol. The Morgan fingerprint density at radius 3 is 2.72 bits per heavy atom. The third kappa shape index (κ3) is 2.22. The maximum absolute atomic E-state index is 11.5. The molecule has 1 N–H and O–H groups in total. The molecule has 2 rings (SSSR count). The summed E-state index contributed by atoms with van der Waals surface area (Å²) in [6, 6.07) is 2.83. The van der Waals surface area contributed by atoms with Crippen LogP contribution in [0.3, 0.4) is 0 Å². The van der Waals surface area contributed by atoms with Crippen molar-refractivity contribution in [1.82, 2.24) is 10.3 Å². The molecule has 1 aliphatic heterocycles. The minimum absolute atomic E-state index is 0.105. The number of ketones is 1. The molecule has 1 atom stereocenters. The van der Waals surface area contributed by atoms with Gasteiger partial charge in [-0.05, 0) is 19.1 Å². The van der Waals surface area contributed by atoms with Crippen LogP contribution in [0.1, 0.15) is 24.3 Å². The number of amides is 2. The molecule has 1 aromatic rings. The summed E-state index contributed by atoms with van der Waals surface area (Å²) in [6.07, 6.45) is 1.50. The van der Waals surface area contributed by atoms with Crippen LogP contribution in [0.4, 0.5) is 5.69 Å². The third-order valence-corrected chi connectivity index (χ3v) is 2.86. The average Bonchev–Trinajstić information content (AvgIpc) is 2.34. The van der Waals surface area contributed by atoms with Crippen LogP contribution < -0.4 is 10.2 Å². The largest absolute Gasteiger partial charge is 0.349 e. The van der Waals surface area contributed by atoms with Crippen LogP contribution in [0.25, 0.3) is 0 Å². The molecule has 18 heavy (non-hydrogen) atoms. The van der Waals surface area contributed by atoms with E-state index in [4.69, 9.17) is 0 Å². The second-order valence-electron chi connectivity index (χ2n) is 4.17. The van der Waals surface area contributed by atoms with Gasteiger partial charge >= 0.3 is 0 Å². The second-order valence-corrected chi connectivity index (χ2v) is 4.17. The highest BCUT2D eigenvalue weighted by atomic mass is 16.2. The number of nitrogens with zero attached hydrogens (tertiary/aromatic N) is 2. The van der Waals surface area contributed by atoms with Crippen molar-refractivity contribution in [2.75, 3.05) is 11.4 Å². The lowest BCUT2D eigenvalue weighted by molar-refractivity contribution is -0.132. The fourth-order valence-corrected chi connectivity index (χ4v) is 1.79. The molecule has 1 aliphatic rings. The van der Waals surface area contributed by atoms with Gasteiger partial charge in [0.2, 0.25) is 11.8 Å². The number of aromatic nitrogens is 1. The van der Waals surface area contributed by atoms with Crippen LogP contribution in [0.5, 0.6) is 0 Å². The monoisotopic (exact) mass is 247 g/mol. The first-order valence-electron chi connectivity index (χ1n) is 5.56. The van der Waals surface area contributed by atoms with E-state index in [-0.39, 0.29) is 24.1 Å². The zero-order chi connectivity index (χ0) is 13.3. The van der Waals surface area contributed by atoms with E-state index in [0.29, 0.717) is 11.4 Å². The SMILES string of the molecule is CC(=O)c1ccc(N2CC(=O)NC(=O)C2C)cn1. The van der Waals surface area contributed by atoms with Crippen molar-refractivity contribution in [2.45, 2.75) is 19.9 Å². The van der Waals surface area contributed by atoms with Crippen molar-refractivity contribution >= 4 is 23.3 Å². The van der Waals surface area contributed by atoms with E-state index in [0.717, 1.165) is 0 Å². The number of rotatable bonds is 2. The van der Waals surface area contributed by atoms with Gasteiger partial charge in [0.15, 0.2) is 5.78 Å². The molecule has 2 amide bonds. The Morgan fingerprint density at radius 1 is 1.44 bits per heavy atom. The molecule has 94 valence electrons. The summed E-state index contributed by atoms with van der Waals surface area (Å²) in [7, 11) is 0. The van der Waals surface area contributed by atoms with Gasteiger partial charge in [0.1, 0.15) is 11.7 Å². The van der Waals surface area contributed by atoms with E-state index in [1.54, 1.807) is 24.0 Å². The summed E-state index contributed by atoms with van der Waals surface area (Å²) in [5.74, 6) is -0.794. The van der Waals surface area contributed by atoms with Gasteiger partial charge in [-0.25, -0.2) is 0 Å². The van der Waals surface area contributed by atoms with Crippen LogP contribution in [0.15, 0.2) is 18.3 Å². The van der Waals surface area contributed by atoms with Gasteiger partial charge in [-0.15, -0.1) is 0 Å². The summed E-state index contributed by atoms with van der Waals surface area (Å²) in [4.78, 5) is 39.6. The predicted octanol–water partition coefficient (Wildman–Crippen LogP) is 0.135. The maximum Gasteiger partial charge on any atom is 0.249 e. The van der Waals surface area contributed by atoms with E-state index in [1.807, 2.05) is 0 Å². The van der Waals surface area contributed by atoms with Gasteiger partial charge in [-0.2, -0.15) is 0 Å². The number of hydrogen-bond donors (Lipinski definition) is 1.